The molecular formula is C23H23N5O3. The molecule has 0 spiro atoms. The molecule has 0 aromatic carbocycles. The van der Waals surface area contributed by atoms with Crippen LogP contribution in [-0.2, 0) is 14.4 Å². The van der Waals surface area contributed by atoms with Gasteiger partial charge in [0.05, 0.1) is 24.1 Å². The van der Waals surface area contributed by atoms with Crippen molar-refractivity contribution in [3.63, 3.8) is 0 Å². The molecule has 0 atom stereocenters. The highest BCUT2D eigenvalue weighted by atomic mass is 16.2. The Morgan fingerprint density at radius 1 is 1.23 bits per heavy atom. The van der Waals surface area contributed by atoms with Gasteiger partial charge in [-0.3, -0.25) is 29.3 Å². The summed E-state index contributed by atoms with van der Waals surface area (Å²) >= 11 is 0. The van der Waals surface area contributed by atoms with Gasteiger partial charge in [0, 0.05) is 36.1 Å². The molecule has 3 amide bonds. The van der Waals surface area contributed by atoms with Crippen LogP contribution < -0.4 is 5.32 Å². The van der Waals surface area contributed by atoms with Gasteiger partial charge < -0.3 is 10.2 Å². The summed E-state index contributed by atoms with van der Waals surface area (Å²) in [7, 11) is 0. The number of carbonyl (C=O) groups is 3. The van der Waals surface area contributed by atoms with Gasteiger partial charge in [-0.1, -0.05) is 0 Å². The molecule has 2 aromatic rings. The molecule has 5 rings (SSSR count). The van der Waals surface area contributed by atoms with Gasteiger partial charge in [-0.25, -0.2) is 0 Å². The van der Waals surface area contributed by atoms with Gasteiger partial charge in [0.15, 0.2) is 0 Å². The van der Waals surface area contributed by atoms with Crippen LogP contribution in [0.4, 0.5) is 5.69 Å². The summed E-state index contributed by atoms with van der Waals surface area (Å²) in [4.78, 5) is 50.0. The number of carbonyl (C=O) groups excluding carboxylic acids is 3. The first-order valence-electron chi connectivity index (χ1n) is 10.6. The third-order valence-corrected chi connectivity index (χ3v) is 5.94. The van der Waals surface area contributed by atoms with Gasteiger partial charge in [-0.15, -0.1) is 0 Å². The average Bonchev–Trinajstić information content (AvgIpc) is 3.56. The Morgan fingerprint density at radius 3 is 2.77 bits per heavy atom. The minimum Gasteiger partial charge on any atom is -0.357 e. The van der Waals surface area contributed by atoms with Crippen LogP contribution >= 0.6 is 0 Å². The van der Waals surface area contributed by atoms with Crippen LogP contribution in [0.3, 0.4) is 0 Å². The van der Waals surface area contributed by atoms with Crippen LogP contribution in [0.2, 0.25) is 0 Å². The maximum Gasteiger partial charge on any atom is 0.277 e. The maximum atomic E-state index is 12.9. The lowest BCUT2D eigenvalue weighted by Gasteiger charge is -2.28. The SMILES string of the molecule is Cc1cc(-c2cccnc2)ncc1NC(=O)CN1CCCC2=C1C(=O)N(C1CC1)C2=O. The van der Waals surface area contributed by atoms with Crippen molar-refractivity contribution in [2.45, 2.75) is 38.6 Å². The van der Waals surface area contributed by atoms with Crippen LogP contribution in [0.5, 0.6) is 0 Å². The monoisotopic (exact) mass is 417 g/mol. The number of pyridine rings is 2. The van der Waals surface area contributed by atoms with E-state index < -0.39 is 0 Å². The molecule has 1 aliphatic carbocycles. The zero-order valence-electron chi connectivity index (χ0n) is 17.3. The van der Waals surface area contributed by atoms with Crippen molar-refractivity contribution in [1.82, 2.24) is 19.8 Å². The van der Waals surface area contributed by atoms with Gasteiger partial charge in [-0.2, -0.15) is 0 Å². The van der Waals surface area contributed by atoms with E-state index in [9.17, 15) is 14.4 Å². The second-order valence-corrected chi connectivity index (χ2v) is 8.24. The largest absolute Gasteiger partial charge is 0.357 e. The molecule has 8 heteroatoms. The number of imide groups is 1. The van der Waals surface area contributed by atoms with Gasteiger partial charge in [0.1, 0.15) is 5.70 Å². The lowest BCUT2D eigenvalue weighted by molar-refractivity contribution is -0.138. The van der Waals surface area contributed by atoms with Crippen molar-refractivity contribution in [3.8, 4) is 11.3 Å². The van der Waals surface area contributed by atoms with Crippen molar-refractivity contribution in [2.75, 3.05) is 18.4 Å². The van der Waals surface area contributed by atoms with Gasteiger partial charge >= 0.3 is 0 Å². The van der Waals surface area contributed by atoms with Crippen LogP contribution in [0, 0.1) is 6.92 Å². The molecular weight excluding hydrogens is 394 g/mol. The predicted octanol–water partition coefficient (Wildman–Crippen LogP) is 2.27. The first-order chi connectivity index (χ1) is 15.0. The Labute approximate surface area is 180 Å². The number of amides is 3. The number of aromatic nitrogens is 2. The molecule has 0 unspecified atom stereocenters. The highest BCUT2D eigenvalue weighted by Crippen LogP contribution is 2.38. The van der Waals surface area contributed by atoms with E-state index >= 15 is 0 Å². The van der Waals surface area contributed by atoms with E-state index in [1.807, 2.05) is 25.1 Å². The van der Waals surface area contributed by atoms with Crippen molar-refractivity contribution in [3.05, 3.63) is 53.6 Å². The third-order valence-electron chi connectivity index (χ3n) is 5.94. The normalized spacial score (nSPS) is 18.5. The molecule has 1 N–H and O–H groups in total. The summed E-state index contributed by atoms with van der Waals surface area (Å²) in [6.45, 7) is 2.52. The molecule has 0 bridgehead atoms. The molecule has 4 heterocycles. The second-order valence-electron chi connectivity index (χ2n) is 8.24. The molecule has 0 radical (unpaired) electrons. The molecule has 2 aromatic heterocycles. The molecule has 1 saturated carbocycles. The fraction of sp³-hybridized carbons (Fsp3) is 0.348. The van der Waals surface area contributed by atoms with E-state index in [1.165, 1.54) is 4.90 Å². The molecule has 0 saturated heterocycles. The summed E-state index contributed by atoms with van der Waals surface area (Å²) < 4.78 is 0. The number of anilines is 1. The lowest BCUT2D eigenvalue weighted by atomic mass is 10.0. The van der Waals surface area contributed by atoms with E-state index in [-0.39, 0.29) is 30.3 Å². The number of rotatable bonds is 5. The standard InChI is InChI=1S/C23H23N5O3/c1-14-10-18(15-4-2-8-24-11-15)25-12-19(14)26-20(29)13-27-9-3-5-17-21(27)23(31)28(22(17)30)16-6-7-16/h2,4,8,10-12,16H,3,5-7,9,13H2,1H3,(H,26,29). The van der Waals surface area contributed by atoms with Crippen LogP contribution in [-0.4, -0.2) is 56.6 Å². The minimum absolute atomic E-state index is 0.0279. The lowest BCUT2D eigenvalue weighted by Crippen LogP contribution is -2.40. The van der Waals surface area contributed by atoms with E-state index in [0.29, 0.717) is 29.9 Å². The smallest absolute Gasteiger partial charge is 0.277 e. The van der Waals surface area contributed by atoms with Crippen molar-refractivity contribution < 1.29 is 14.4 Å². The Bertz CT molecular complexity index is 1110. The van der Waals surface area contributed by atoms with E-state index in [1.54, 1.807) is 23.5 Å². The maximum absolute atomic E-state index is 12.9. The Hall–Kier alpha value is -3.55. The van der Waals surface area contributed by atoms with Crippen LogP contribution in [0.15, 0.2) is 48.1 Å². The molecule has 31 heavy (non-hydrogen) atoms. The zero-order chi connectivity index (χ0) is 21.5. The van der Waals surface area contributed by atoms with Crippen LogP contribution in [0.1, 0.15) is 31.2 Å². The number of aryl methyl sites for hydroxylation is 1. The van der Waals surface area contributed by atoms with Crippen molar-refractivity contribution >= 4 is 23.4 Å². The Kier molecular flexibility index (Phi) is 4.77. The second kappa shape index (κ2) is 7.61. The quantitative estimate of drug-likeness (QED) is 0.750. The Morgan fingerprint density at radius 2 is 2.06 bits per heavy atom. The van der Waals surface area contributed by atoms with Crippen LogP contribution in [0.25, 0.3) is 11.3 Å². The van der Waals surface area contributed by atoms with Crippen molar-refractivity contribution in [2.24, 2.45) is 0 Å². The highest BCUT2D eigenvalue weighted by Gasteiger charge is 2.48. The van der Waals surface area contributed by atoms with E-state index in [0.717, 1.165) is 36.1 Å². The summed E-state index contributed by atoms with van der Waals surface area (Å²) in [6, 6.07) is 5.72. The summed E-state index contributed by atoms with van der Waals surface area (Å²) in [5, 5.41) is 2.90. The molecule has 158 valence electrons. The number of nitrogens with one attached hydrogen (secondary N) is 1. The van der Waals surface area contributed by atoms with E-state index in [2.05, 4.69) is 15.3 Å². The fourth-order valence-electron chi connectivity index (χ4n) is 4.24. The average molecular weight is 417 g/mol. The molecule has 1 fully saturated rings. The number of nitrogens with zero attached hydrogens (tertiary/aromatic N) is 4. The van der Waals surface area contributed by atoms with Gasteiger partial charge in [-0.05, 0) is 56.4 Å². The number of hydrogen-bond acceptors (Lipinski definition) is 6. The summed E-state index contributed by atoms with van der Waals surface area (Å²) in [5.74, 6) is -0.648. The zero-order valence-corrected chi connectivity index (χ0v) is 17.3. The topological polar surface area (TPSA) is 95.5 Å². The fourth-order valence-corrected chi connectivity index (χ4v) is 4.24. The molecule has 8 nitrogen and oxygen atoms in total. The van der Waals surface area contributed by atoms with E-state index in [4.69, 9.17) is 0 Å². The first-order valence-corrected chi connectivity index (χ1v) is 10.6. The highest BCUT2D eigenvalue weighted by molar-refractivity contribution is 6.19. The summed E-state index contributed by atoms with van der Waals surface area (Å²) in [6.07, 6.45) is 8.19. The van der Waals surface area contributed by atoms with Crippen molar-refractivity contribution in [1.29, 1.82) is 0 Å². The minimum atomic E-state index is -0.242. The van der Waals surface area contributed by atoms with Gasteiger partial charge in [0.2, 0.25) is 5.91 Å². The predicted molar refractivity (Wildman–Crippen MR) is 114 cm³/mol. The molecule has 3 aliphatic rings. The third kappa shape index (κ3) is 3.58. The first kappa shape index (κ1) is 19.4. The van der Waals surface area contributed by atoms with Gasteiger partial charge in [0.25, 0.3) is 11.8 Å². The number of hydrogen-bond donors (Lipinski definition) is 1. The Balaban J connectivity index is 1.29. The molecule has 2 aliphatic heterocycles. The summed E-state index contributed by atoms with van der Waals surface area (Å²) in [5.41, 5.74) is 4.17.